The van der Waals surface area contributed by atoms with Crippen LogP contribution in [-0.2, 0) is 9.53 Å². The maximum absolute atomic E-state index is 11.9. The smallest absolute Gasteiger partial charge is 0.239 e. The number of aryl methyl sites for hydroxylation is 2. The minimum absolute atomic E-state index is 0.107. The Morgan fingerprint density at radius 2 is 2.19 bits per heavy atom. The predicted molar refractivity (Wildman–Crippen MR) is 87.8 cm³/mol. The molecule has 0 saturated heterocycles. The summed E-state index contributed by atoms with van der Waals surface area (Å²) in [6.45, 7) is 4.96. The first-order valence-corrected chi connectivity index (χ1v) is 7.02. The number of nitrogens with one attached hydrogen (secondary N) is 1. The van der Waals surface area contributed by atoms with E-state index in [-0.39, 0.29) is 17.4 Å². The summed E-state index contributed by atoms with van der Waals surface area (Å²) in [4.78, 5) is 18.3. The second kappa shape index (κ2) is 7.90. The standard InChI is InChI=1S/C14H22N4O2S/c1-9-7-10(2)17-14(12(9)13(15)21)18(3)8-11(19)16-5-6-20-4/h7H,5-6,8H2,1-4H3,(H2,15,21)(H,16,19). The Bertz CT molecular complexity index is 534. The maximum atomic E-state index is 11.9. The van der Waals surface area contributed by atoms with E-state index in [9.17, 15) is 4.79 Å². The maximum Gasteiger partial charge on any atom is 0.239 e. The molecule has 0 bridgehead atoms. The minimum atomic E-state index is -0.107. The quantitative estimate of drug-likeness (QED) is 0.565. The van der Waals surface area contributed by atoms with Gasteiger partial charge in [0.25, 0.3) is 0 Å². The number of thiocarbonyl (C=S) groups is 1. The Hall–Kier alpha value is -1.73. The molecular formula is C14H22N4O2S. The van der Waals surface area contributed by atoms with Crippen molar-refractivity contribution in [2.45, 2.75) is 13.8 Å². The van der Waals surface area contributed by atoms with Crippen molar-refractivity contribution >= 4 is 28.9 Å². The zero-order chi connectivity index (χ0) is 16.0. The molecule has 0 aliphatic rings. The molecule has 21 heavy (non-hydrogen) atoms. The van der Waals surface area contributed by atoms with Crippen LogP contribution in [0.1, 0.15) is 16.8 Å². The Labute approximate surface area is 130 Å². The van der Waals surface area contributed by atoms with Gasteiger partial charge in [-0.15, -0.1) is 0 Å². The number of ether oxygens (including phenoxy) is 1. The number of likely N-dealkylation sites (N-methyl/N-ethyl adjacent to an activating group) is 1. The van der Waals surface area contributed by atoms with E-state index in [0.29, 0.717) is 24.5 Å². The van der Waals surface area contributed by atoms with E-state index in [2.05, 4.69) is 10.3 Å². The molecule has 0 atom stereocenters. The highest BCUT2D eigenvalue weighted by Crippen LogP contribution is 2.21. The lowest BCUT2D eigenvalue weighted by molar-refractivity contribution is -0.119. The second-order valence-corrected chi connectivity index (χ2v) is 5.28. The first kappa shape index (κ1) is 17.3. The molecule has 0 spiro atoms. The number of hydrogen-bond donors (Lipinski definition) is 2. The van der Waals surface area contributed by atoms with Crippen LogP contribution in [0.25, 0.3) is 0 Å². The van der Waals surface area contributed by atoms with Crippen molar-refractivity contribution in [3.63, 3.8) is 0 Å². The van der Waals surface area contributed by atoms with Gasteiger partial charge < -0.3 is 20.7 Å². The van der Waals surface area contributed by atoms with E-state index in [0.717, 1.165) is 11.3 Å². The van der Waals surface area contributed by atoms with Crippen molar-refractivity contribution in [1.82, 2.24) is 10.3 Å². The Morgan fingerprint density at radius 3 is 2.76 bits per heavy atom. The fourth-order valence-electron chi connectivity index (χ4n) is 2.04. The molecule has 0 aromatic carbocycles. The van der Waals surface area contributed by atoms with E-state index >= 15 is 0 Å². The lowest BCUT2D eigenvalue weighted by atomic mass is 10.1. The molecule has 0 radical (unpaired) electrons. The molecule has 1 aromatic heterocycles. The average molecular weight is 310 g/mol. The summed E-state index contributed by atoms with van der Waals surface area (Å²) >= 11 is 5.09. The van der Waals surface area contributed by atoms with Gasteiger partial charge in [-0.25, -0.2) is 4.98 Å². The molecule has 1 heterocycles. The number of nitrogens with zero attached hydrogens (tertiary/aromatic N) is 2. The molecule has 3 N–H and O–H groups in total. The molecule has 0 aliphatic carbocycles. The molecule has 0 saturated carbocycles. The average Bonchev–Trinajstić information content (AvgIpc) is 2.37. The number of nitrogens with two attached hydrogens (primary N) is 1. The van der Waals surface area contributed by atoms with E-state index in [1.54, 1.807) is 19.1 Å². The summed E-state index contributed by atoms with van der Waals surface area (Å²) in [5.41, 5.74) is 8.30. The summed E-state index contributed by atoms with van der Waals surface area (Å²) in [6.07, 6.45) is 0. The van der Waals surface area contributed by atoms with Gasteiger partial charge in [0.15, 0.2) is 0 Å². The van der Waals surface area contributed by atoms with Gasteiger partial charge in [0, 0.05) is 26.4 Å². The molecule has 7 heteroatoms. The number of methoxy groups -OCH3 is 1. The van der Waals surface area contributed by atoms with E-state index in [1.165, 1.54) is 0 Å². The topological polar surface area (TPSA) is 80.5 Å². The van der Waals surface area contributed by atoms with Gasteiger partial charge in [-0.05, 0) is 25.5 Å². The van der Waals surface area contributed by atoms with Gasteiger partial charge >= 0.3 is 0 Å². The number of aromatic nitrogens is 1. The van der Waals surface area contributed by atoms with Crippen LogP contribution in [0, 0.1) is 13.8 Å². The highest BCUT2D eigenvalue weighted by molar-refractivity contribution is 7.80. The Kier molecular flexibility index (Phi) is 6.51. The van der Waals surface area contributed by atoms with Crippen LogP contribution in [0.15, 0.2) is 6.07 Å². The third-order valence-corrected chi connectivity index (χ3v) is 3.15. The van der Waals surface area contributed by atoms with Gasteiger partial charge in [0.1, 0.15) is 10.8 Å². The third kappa shape index (κ3) is 4.95. The number of carbonyl (C=O) groups excluding carboxylic acids is 1. The molecule has 1 rings (SSSR count). The van der Waals surface area contributed by atoms with Crippen molar-refractivity contribution in [1.29, 1.82) is 0 Å². The van der Waals surface area contributed by atoms with Crippen LogP contribution in [0.3, 0.4) is 0 Å². The van der Waals surface area contributed by atoms with Crippen LogP contribution >= 0.6 is 12.2 Å². The first-order chi connectivity index (χ1) is 9.86. The van der Waals surface area contributed by atoms with Gasteiger partial charge in [-0.1, -0.05) is 12.2 Å². The molecule has 0 unspecified atom stereocenters. The number of amides is 1. The molecule has 116 valence electrons. The fourth-order valence-corrected chi connectivity index (χ4v) is 2.29. The summed E-state index contributed by atoms with van der Waals surface area (Å²) < 4.78 is 4.89. The first-order valence-electron chi connectivity index (χ1n) is 6.61. The molecular weight excluding hydrogens is 288 g/mol. The summed E-state index contributed by atoms with van der Waals surface area (Å²) in [7, 11) is 3.38. The van der Waals surface area contributed by atoms with E-state index in [1.807, 2.05) is 19.9 Å². The van der Waals surface area contributed by atoms with Gasteiger partial charge in [0.2, 0.25) is 5.91 Å². The van der Waals surface area contributed by atoms with E-state index < -0.39 is 0 Å². The Balaban J connectivity index is 2.89. The molecule has 1 amide bonds. The van der Waals surface area contributed by atoms with Crippen LogP contribution in [0.2, 0.25) is 0 Å². The van der Waals surface area contributed by atoms with Gasteiger partial charge in [-0.2, -0.15) is 0 Å². The zero-order valence-electron chi connectivity index (χ0n) is 12.9. The zero-order valence-corrected chi connectivity index (χ0v) is 13.7. The molecule has 1 aromatic rings. The monoisotopic (exact) mass is 310 g/mol. The summed E-state index contributed by atoms with van der Waals surface area (Å²) in [5, 5.41) is 2.76. The van der Waals surface area contributed by atoms with Crippen molar-refractivity contribution < 1.29 is 9.53 Å². The van der Waals surface area contributed by atoms with Gasteiger partial charge in [-0.3, -0.25) is 4.79 Å². The van der Waals surface area contributed by atoms with Crippen molar-refractivity contribution in [3.8, 4) is 0 Å². The number of hydrogen-bond acceptors (Lipinski definition) is 5. The predicted octanol–water partition coefficient (Wildman–Crippen LogP) is 0.531. The van der Waals surface area contributed by atoms with Crippen LogP contribution in [-0.4, -0.2) is 49.7 Å². The third-order valence-electron chi connectivity index (χ3n) is 2.94. The molecule has 6 nitrogen and oxygen atoms in total. The highest BCUT2D eigenvalue weighted by atomic mass is 32.1. The highest BCUT2D eigenvalue weighted by Gasteiger charge is 2.17. The fraction of sp³-hybridized carbons (Fsp3) is 0.500. The lowest BCUT2D eigenvalue weighted by Gasteiger charge is -2.22. The summed E-state index contributed by atoms with van der Waals surface area (Å²) in [6, 6.07) is 1.92. The number of anilines is 1. The number of pyridine rings is 1. The summed E-state index contributed by atoms with van der Waals surface area (Å²) in [5.74, 6) is 0.520. The largest absolute Gasteiger partial charge is 0.389 e. The van der Waals surface area contributed by atoms with Crippen LogP contribution in [0.5, 0.6) is 0 Å². The van der Waals surface area contributed by atoms with Crippen molar-refractivity contribution in [3.05, 3.63) is 22.9 Å². The van der Waals surface area contributed by atoms with Crippen molar-refractivity contribution in [2.75, 3.05) is 38.8 Å². The lowest BCUT2D eigenvalue weighted by Crippen LogP contribution is -2.38. The normalized spacial score (nSPS) is 10.3. The van der Waals surface area contributed by atoms with Crippen LogP contribution < -0.4 is 16.0 Å². The second-order valence-electron chi connectivity index (χ2n) is 4.84. The molecule has 0 fully saturated rings. The van der Waals surface area contributed by atoms with E-state index in [4.69, 9.17) is 22.7 Å². The SMILES string of the molecule is COCCNC(=O)CN(C)c1nc(C)cc(C)c1C(N)=S. The minimum Gasteiger partial charge on any atom is -0.389 e. The van der Waals surface area contributed by atoms with Gasteiger partial charge in [0.05, 0.1) is 18.7 Å². The Morgan fingerprint density at radius 1 is 1.52 bits per heavy atom. The van der Waals surface area contributed by atoms with Crippen LogP contribution in [0.4, 0.5) is 5.82 Å². The molecule has 0 aliphatic heterocycles. The number of rotatable bonds is 7. The number of carbonyl (C=O) groups is 1. The van der Waals surface area contributed by atoms with Crippen molar-refractivity contribution in [2.24, 2.45) is 5.73 Å².